The highest BCUT2D eigenvalue weighted by Gasteiger charge is 2.47. The Labute approximate surface area is 192 Å². The second kappa shape index (κ2) is 9.49. The van der Waals surface area contributed by atoms with Crippen molar-refractivity contribution in [2.45, 2.75) is 56.2 Å². The number of hydrogen-bond donors (Lipinski definition) is 5. The Morgan fingerprint density at radius 1 is 1.30 bits per heavy atom. The lowest BCUT2D eigenvalue weighted by atomic mass is 10.1. The molecule has 1 saturated heterocycles. The molecule has 1 unspecified atom stereocenters. The largest absolute Gasteiger partial charge is 0.387 e. The summed E-state index contributed by atoms with van der Waals surface area (Å²) < 4.78 is 49.3. The lowest BCUT2D eigenvalue weighted by molar-refractivity contribution is -0.0199. The first-order valence-electron chi connectivity index (χ1n) is 10.2. The van der Waals surface area contributed by atoms with Crippen LogP contribution in [0.25, 0.3) is 5.65 Å². The van der Waals surface area contributed by atoms with Gasteiger partial charge in [-0.25, -0.2) is 13.9 Å². The van der Waals surface area contributed by atoms with Crippen LogP contribution >= 0.6 is 26.8 Å². The van der Waals surface area contributed by atoms with E-state index in [4.69, 9.17) is 26.1 Å². The summed E-state index contributed by atoms with van der Waals surface area (Å²) in [5.41, 5.74) is 1.19. The Hall–Kier alpha value is -1.14. The molecule has 33 heavy (non-hydrogen) atoms. The van der Waals surface area contributed by atoms with E-state index in [9.17, 15) is 23.5 Å². The van der Waals surface area contributed by atoms with Crippen LogP contribution in [0, 0.1) is 0 Å². The third kappa shape index (κ3) is 5.75. The van der Waals surface area contributed by atoms with Gasteiger partial charge in [0.2, 0.25) is 0 Å². The van der Waals surface area contributed by atoms with Crippen LogP contribution in [0.15, 0.2) is 12.3 Å². The molecule has 2 aromatic heterocycles. The van der Waals surface area contributed by atoms with E-state index >= 15 is 0 Å². The topological polar surface area (TPSA) is 176 Å². The van der Waals surface area contributed by atoms with E-state index in [1.807, 2.05) is 0 Å². The number of aliphatic hydroxyl groups is 1. The Morgan fingerprint density at radius 3 is 2.67 bits per heavy atom. The number of anilines is 1. The van der Waals surface area contributed by atoms with Crippen LogP contribution in [0.5, 0.6) is 0 Å². The van der Waals surface area contributed by atoms with Crippen molar-refractivity contribution in [3.05, 3.63) is 23.1 Å². The summed E-state index contributed by atoms with van der Waals surface area (Å²) in [5.74, 6) is -1.41. The quantitative estimate of drug-likeness (QED) is 0.317. The SMILES string of the molecule is O=P(O)(O)CP(=O)(O)OC[C@H]1O[C@@H](c2cnc3c(NC4CCCC4)cc(Cl)nn23)[C@@H](F)[C@@H]1O. The van der Waals surface area contributed by atoms with Gasteiger partial charge in [-0.1, -0.05) is 24.4 Å². The molecule has 0 spiro atoms. The lowest BCUT2D eigenvalue weighted by Crippen LogP contribution is -2.31. The number of hydrogen-bond acceptors (Lipinski definition) is 8. The number of halogens is 2. The number of nitrogens with zero attached hydrogens (tertiary/aromatic N) is 3. The molecule has 2 aromatic rings. The summed E-state index contributed by atoms with van der Waals surface area (Å²) in [7, 11) is -9.52. The fourth-order valence-electron chi connectivity index (χ4n) is 4.11. The summed E-state index contributed by atoms with van der Waals surface area (Å²) in [6, 6.07) is 1.88. The molecule has 1 saturated carbocycles. The van der Waals surface area contributed by atoms with E-state index in [-0.39, 0.29) is 16.9 Å². The first-order chi connectivity index (χ1) is 15.4. The highest BCUT2D eigenvalue weighted by atomic mass is 35.5. The average molecular weight is 529 g/mol. The first kappa shape index (κ1) is 25.0. The van der Waals surface area contributed by atoms with Crippen molar-refractivity contribution in [1.29, 1.82) is 0 Å². The molecule has 1 aliphatic heterocycles. The molecule has 2 aliphatic rings. The maximum Gasteiger partial charge on any atom is 0.340 e. The van der Waals surface area contributed by atoms with Crippen molar-refractivity contribution in [2.75, 3.05) is 17.8 Å². The van der Waals surface area contributed by atoms with Crippen molar-refractivity contribution in [3.63, 3.8) is 0 Å². The van der Waals surface area contributed by atoms with Gasteiger partial charge in [-0.2, -0.15) is 5.10 Å². The van der Waals surface area contributed by atoms with Crippen LogP contribution in [0.2, 0.25) is 5.15 Å². The number of aliphatic hydroxyl groups excluding tert-OH is 1. The summed E-state index contributed by atoms with van der Waals surface area (Å²) >= 11 is 6.17. The van der Waals surface area contributed by atoms with Crippen LogP contribution in [0.3, 0.4) is 0 Å². The van der Waals surface area contributed by atoms with Crippen molar-refractivity contribution in [1.82, 2.24) is 14.6 Å². The molecule has 0 amide bonds. The smallest absolute Gasteiger partial charge is 0.340 e. The minimum atomic E-state index is -4.83. The monoisotopic (exact) mass is 528 g/mol. The zero-order valence-electron chi connectivity index (χ0n) is 17.2. The molecule has 1 aliphatic carbocycles. The maximum absolute atomic E-state index is 14.9. The number of alkyl halides is 1. The average Bonchev–Trinajstić information content (AvgIpc) is 3.40. The molecule has 12 nitrogen and oxygen atoms in total. The molecule has 3 heterocycles. The Morgan fingerprint density at radius 2 is 2.00 bits per heavy atom. The highest BCUT2D eigenvalue weighted by Crippen LogP contribution is 2.55. The van der Waals surface area contributed by atoms with Crippen molar-refractivity contribution >= 4 is 38.1 Å². The van der Waals surface area contributed by atoms with E-state index in [1.165, 1.54) is 10.7 Å². The molecular weight excluding hydrogens is 505 g/mol. The van der Waals surface area contributed by atoms with E-state index in [0.29, 0.717) is 11.3 Å². The molecular formula is C17H24ClFN4O8P2. The van der Waals surface area contributed by atoms with Gasteiger partial charge in [-0.3, -0.25) is 9.13 Å². The fraction of sp³-hybridized carbons (Fsp3) is 0.647. The second-order valence-corrected chi connectivity index (χ2v) is 12.6. The van der Waals surface area contributed by atoms with Gasteiger partial charge >= 0.3 is 15.2 Å². The molecule has 5 atom stereocenters. The fourth-order valence-corrected chi connectivity index (χ4v) is 6.86. The third-order valence-corrected chi connectivity index (χ3v) is 9.23. The van der Waals surface area contributed by atoms with E-state index in [1.54, 1.807) is 6.07 Å². The third-order valence-electron chi connectivity index (χ3n) is 5.59. The lowest BCUT2D eigenvalue weighted by Gasteiger charge is -2.18. The molecule has 0 bridgehead atoms. The Balaban J connectivity index is 1.53. The van der Waals surface area contributed by atoms with Gasteiger partial charge < -0.3 is 34.4 Å². The zero-order chi connectivity index (χ0) is 24.0. The number of fused-ring (bicyclic) bond motifs is 1. The second-order valence-electron chi connectivity index (χ2n) is 8.19. The maximum atomic E-state index is 14.9. The van der Waals surface area contributed by atoms with Crippen molar-refractivity contribution in [3.8, 4) is 0 Å². The highest BCUT2D eigenvalue weighted by molar-refractivity contribution is 7.70. The van der Waals surface area contributed by atoms with E-state index in [2.05, 4.69) is 19.9 Å². The normalized spacial score (nSPS) is 28.4. The molecule has 4 rings (SSSR count). The van der Waals surface area contributed by atoms with Crippen LogP contribution in [0.4, 0.5) is 10.1 Å². The molecule has 2 fully saturated rings. The molecule has 16 heteroatoms. The van der Waals surface area contributed by atoms with E-state index in [0.717, 1.165) is 25.7 Å². The molecule has 0 radical (unpaired) electrons. The number of ether oxygens (including phenoxy) is 1. The van der Waals surface area contributed by atoms with Crippen molar-refractivity contribution < 1.29 is 42.6 Å². The van der Waals surface area contributed by atoms with E-state index < -0.39 is 52.2 Å². The predicted octanol–water partition coefficient (Wildman–Crippen LogP) is 2.21. The van der Waals surface area contributed by atoms with Gasteiger partial charge in [0.15, 0.2) is 22.9 Å². The molecule has 184 valence electrons. The summed E-state index contributed by atoms with van der Waals surface area (Å²) in [4.78, 5) is 31.6. The van der Waals surface area contributed by atoms with Gasteiger partial charge in [-0.05, 0) is 12.8 Å². The van der Waals surface area contributed by atoms with Gasteiger partial charge in [0.1, 0.15) is 18.3 Å². The number of nitrogens with one attached hydrogen (secondary N) is 1. The van der Waals surface area contributed by atoms with Gasteiger partial charge in [0, 0.05) is 12.1 Å². The minimum absolute atomic E-state index is 0.134. The number of imidazole rings is 1. The van der Waals surface area contributed by atoms with Crippen LogP contribution in [0.1, 0.15) is 37.5 Å². The standard InChI is InChI=1S/C17H24ClFN4O8P2/c18-13-5-10(21-9-3-1-2-4-9)17-20-6-11(23(17)22-13)16-14(19)15(24)12(31-16)7-30-33(28,29)8-32(25,26)27/h5-6,9,12,14-16,21,24H,1-4,7-8H2,(H,28,29)(H2,25,26,27)/t12-,14+,15-,16+/m1/s1. The first-order valence-corrected chi connectivity index (χ1v) is 14.2. The zero-order valence-corrected chi connectivity index (χ0v) is 19.7. The summed E-state index contributed by atoms with van der Waals surface area (Å²) in [6.07, 6.45) is -0.820. The summed E-state index contributed by atoms with van der Waals surface area (Å²) in [6.45, 7) is -0.759. The number of aromatic nitrogens is 3. The van der Waals surface area contributed by atoms with Gasteiger partial charge in [-0.15, -0.1) is 0 Å². The van der Waals surface area contributed by atoms with Gasteiger partial charge in [0.25, 0.3) is 0 Å². The Kier molecular flexibility index (Phi) is 7.18. The predicted molar refractivity (Wildman–Crippen MR) is 115 cm³/mol. The summed E-state index contributed by atoms with van der Waals surface area (Å²) in [5, 5.41) is 17.9. The van der Waals surface area contributed by atoms with Crippen molar-refractivity contribution in [2.24, 2.45) is 0 Å². The number of rotatable bonds is 8. The minimum Gasteiger partial charge on any atom is -0.387 e. The van der Waals surface area contributed by atoms with Gasteiger partial charge in [0.05, 0.1) is 24.2 Å². The van der Waals surface area contributed by atoms with Crippen LogP contribution in [-0.4, -0.2) is 71.3 Å². The van der Waals surface area contributed by atoms with Crippen LogP contribution in [-0.2, 0) is 18.4 Å². The molecule has 0 aromatic carbocycles. The van der Waals surface area contributed by atoms with Crippen LogP contribution < -0.4 is 5.32 Å². The Bertz CT molecular complexity index is 1110. The molecule has 5 N–H and O–H groups in total.